The van der Waals surface area contributed by atoms with Crippen LogP contribution in [0.4, 0.5) is 0 Å². The number of aliphatic hydroxyl groups is 1. The van der Waals surface area contributed by atoms with Gasteiger partial charge in [-0.05, 0) is 49.4 Å². The molecule has 0 unspecified atom stereocenters. The van der Waals surface area contributed by atoms with E-state index in [0.29, 0.717) is 11.3 Å². The second-order valence-corrected chi connectivity index (χ2v) is 4.45. The lowest BCUT2D eigenvalue weighted by Gasteiger charge is -2.26. The maximum Gasteiger partial charge on any atom is 0.0627 e. The van der Waals surface area contributed by atoms with Gasteiger partial charge in [0, 0.05) is 0 Å². The molecule has 0 aliphatic heterocycles. The first-order valence-corrected chi connectivity index (χ1v) is 4.51. The average Bonchev–Trinajstić information content (AvgIpc) is 2.51. The predicted octanol–water partition coefficient (Wildman–Crippen LogP) is 1.56. The maximum absolute atomic E-state index is 9.81. The van der Waals surface area contributed by atoms with Crippen molar-refractivity contribution in [2.24, 2.45) is 17.3 Å². The van der Waals surface area contributed by atoms with Gasteiger partial charge in [0.25, 0.3) is 0 Å². The number of fused-ring (bicyclic) bond motifs is 3. The average molecular weight is 138 g/mol. The SMILES string of the molecule is O[C@H]1[C@H]2CC[C@H](C2)C12CC2. The minimum absolute atomic E-state index is 0.103. The Morgan fingerprint density at radius 1 is 1.20 bits per heavy atom. The Morgan fingerprint density at radius 3 is 2.40 bits per heavy atom. The van der Waals surface area contributed by atoms with Gasteiger partial charge in [0.1, 0.15) is 0 Å². The molecule has 1 heteroatoms. The van der Waals surface area contributed by atoms with E-state index in [4.69, 9.17) is 0 Å². The van der Waals surface area contributed by atoms with Crippen LogP contribution < -0.4 is 0 Å². The fourth-order valence-electron chi connectivity index (χ4n) is 3.38. The van der Waals surface area contributed by atoms with Crippen LogP contribution in [-0.2, 0) is 0 Å². The lowest BCUT2D eigenvalue weighted by Crippen LogP contribution is -2.28. The number of aliphatic hydroxyl groups excluding tert-OH is 1. The van der Waals surface area contributed by atoms with Gasteiger partial charge < -0.3 is 5.11 Å². The van der Waals surface area contributed by atoms with Crippen LogP contribution in [0.25, 0.3) is 0 Å². The van der Waals surface area contributed by atoms with Crippen LogP contribution in [0, 0.1) is 17.3 Å². The van der Waals surface area contributed by atoms with E-state index in [9.17, 15) is 5.11 Å². The molecule has 56 valence electrons. The van der Waals surface area contributed by atoms with E-state index < -0.39 is 0 Å². The lowest BCUT2D eigenvalue weighted by molar-refractivity contribution is 0.0442. The van der Waals surface area contributed by atoms with Crippen molar-refractivity contribution < 1.29 is 5.11 Å². The van der Waals surface area contributed by atoms with Crippen LogP contribution in [0.3, 0.4) is 0 Å². The van der Waals surface area contributed by atoms with Crippen LogP contribution in [0.5, 0.6) is 0 Å². The standard InChI is InChI=1S/C9H14O/c10-8-6-1-2-7(5-6)9(8)3-4-9/h6-8,10H,1-5H2/t6-,7+,8-/m0/s1. The summed E-state index contributed by atoms with van der Waals surface area (Å²) in [5.74, 6) is 1.62. The van der Waals surface area contributed by atoms with Crippen LogP contribution in [0.2, 0.25) is 0 Å². The fraction of sp³-hybridized carbons (Fsp3) is 1.00. The molecule has 3 rings (SSSR count). The topological polar surface area (TPSA) is 20.2 Å². The van der Waals surface area contributed by atoms with Gasteiger partial charge in [0.2, 0.25) is 0 Å². The molecule has 0 radical (unpaired) electrons. The first-order chi connectivity index (χ1) is 4.83. The molecule has 1 spiro atoms. The van der Waals surface area contributed by atoms with Crippen molar-refractivity contribution in [2.75, 3.05) is 0 Å². The Morgan fingerprint density at radius 2 is 2.00 bits per heavy atom. The zero-order valence-corrected chi connectivity index (χ0v) is 6.21. The molecular formula is C9H14O. The first-order valence-electron chi connectivity index (χ1n) is 4.51. The maximum atomic E-state index is 9.81. The van der Waals surface area contributed by atoms with Gasteiger partial charge in [-0.3, -0.25) is 0 Å². The first kappa shape index (κ1) is 5.59. The van der Waals surface area contributed by atoms with Gasteiger partial charge >= 0.3 is 0 Å². The van der Waals surface area contributed by atoms with E-state index in [0.717, 1.165) is 5.92 Å². The number of hydrogen-bond donors (Lipinski definition) is 1. The molecule has 1 N–H and O–H groups in total. The summed E-state index contributed by atoms with van der Waals surface area (Å²) in [5, 5.41) is 9.81. The van der Waals surface area contributed by atoms with Crippen molar-refractivity contribution in [1.82, 2.24) is 0 Å². The predicted molar refractivity (Wildman–Crippen MR) is 38.5 cm³/mol. The molecule has 0 aromatic heterocycles. The molecule has 1 nitrogen and oxygen atoms in total. The molecule has 0 aromatic carbocycles. The van der Waals surface area contributed by atoms with Crippen molar-refractivity contribution in [3.63, 3.8) is 0 Å². The van der Waals surface area contributed by atoms with Crippen molar-refractivity contribution in [3.05, 3.63) is 0 Å². The molecular weight excluding hydrogens is 124 g/mol. The largest absolute Gasteiger partial charge is 0.392 e. The number of rotatable bonds is 0. The molecule has 3 saturated carbocycles. The minimum Gasteiger partial charge on any atom is -0.392 e. The summed E-state index contributed by atoms with van der Waals surface area (Å²) in [7, 11) is 0. The van der Waals surface area contributed by atoms with Crippen molar-refractivity contribution in [1.29, 1.82) is 0 Å². The quantitative estimate of drug-likeness (QED) is 0.538. The van der Waals surface area contributed by atoms with Gasteiger partial charge in [0.05, 0.1) is 6.10 Å². The Kier molecular flexibility index (Phi) is 0.797. The zero-order chi connectivity index (χ0) is 6.77. The molecule has 3 fully saturated rings. The van der Waals surface area contributed by atoms with E-state index in [-0.39, 0.29) is 6.10 Å². The van der Waals surface area contributed by atoms with E-state index >= 15 is 0 Å². The fourth-order valence-corrected chi connectivity index (χ4v) is 3.38. The van der Waals surface area contributed by atoms with Crippen LogP contribution in [0.15, 0.2) is 0 Å². The van der Waals surface area contributed by atoms with Crippen molar-refractivity contribution in [2.45, 2.75) is 38.2 Å². The summed E-state index contributed by atoms with van der Waals surface area (Å²) in [4.78, 5) is 0. The van der Waals surface area contributed by atoms with Gasteiger partial charge in [-0.2, -0.15) is 0 Å². The Balaban J connectivity index is 1.99. The normalized spacial score (nSPS) is 54.3. The molecule has 10 heavy (non-hydrogen) atoms. The van der Waals surface area contributed by atoms with Crippen molar-refractivity contribution in [3.8, 4) is 0 Å². The van der Waals surface area contributed by atoms with Crippen molar-refractivity contribution >= 4 is 0 Å². The summed E-state index contributed by atoms with van der Waals surface area (Å²) in [6.07, 6.45) is 6.84. The van der Waals surface area contributed by atoms with Crippen LogP contribution in [-0.4, -0.2) is 11.2 Å². The summed E-state index contributed by atoms with van der Waals surface area (Å²) in [6.45, 7) is 0. The highest BCUT2D eigenvalue weighted by molar-refractivity contribution is 5.13. The number of hydrogen-bond acceptors (Lipinski definition) is 1. The van der Waals surface area contributed by atoms with E-state index in [2.05, 4.69) is 0 Å². The Hall–Kier alpha value is -0.0400. The summed E-state index contributed by atoms with van der Waals surface area (Å²) >= 11 is 0. The van der Waals surface area contributed by atoms with Gasteiger partial charge in [0.15, 0.2) is 0 Å². The highest BCUT2D eigenvalue weighted by Gasteiger charge is 2.63. The molecule has 3 atom stereocenters. The highest BCUT2D eigenvalue weighted by Crippen LogP contribution is 2.68. The van der Waals surface area contributed by atoms with E-state index in [1.54, 1.807) is 0 Å². The summed E-state index contributed by atoms with van der Waals surface area (Å²) in [5.41, 5.74) is 0.475. The third-order valence-corrected chi connectivity index (χ3v) is 4.15. The van der Waals surface area contributed by atoms with Crippen LogP contribution in [0.1, 0.15) is 32.1 Å². The second-order valence-electron chi connectivity index (χ2n) is 4.45. The molecule has 0 aromatic rings. The summed E-state index contributed by atoms with van der Waals surface area (Å²) < 4.78 is 0. The third kappa shape index (κ3) is 0.430. The van der Waals surface area contributed by atoms with Gasteiger partial charge in [-0.25, -0.2) is 0 Å². The highest BCUT2D eigenvalue weighted by atomic mass is 16.3. The second kappa shape index (κ2) is 1.42. The third-order valence-electron chi connectivity index (χ3n) is 4.15. The van der Waals surface area contributed by atoms with Crippen LogP contribution >= 0.6 is 0 Å². The van der Waals surface area contributed by atoms with E-state index in [1.165, 1.54) is 32.1 Å². The molecule has 3 aliphatic carbocycles. The van der Waals surface area contributed by atoms with Gasteiger partial charge in [-0.15, -0.1) is 0 Å². The van der Waals surface area contributed by atoms with Gasteiger partial charge in [-0.1, -0.05) is 0 Å². The molecule has 2 bridgehead atoms. The Labute approximate surface area is 61.4 Å². The molecule has 0 heterocycles. The lowest BCUT2D eigenvalue weighted by atomic mass is 9.83. The smallest absolute Gasteiger partial charge is 0.0627 e. The molecule has 3 aliphatic rings. The van der Waals surface area contributed by atoms with E-state index in [1.807, 2.05) is 0 Å². The molecule has 0 saturated heterocycles. The zero-order valence-electron chi connectivity index (χ0n) is 6.21. The summed E-state index contributed by atoms with van der Waals surface area (Å²) in [6, 6.07) is 0. The molecule has 0 amide bonds. The minimum atomic E-state index is 0.103. The Bertz CT molecular complexity index is 168. The monoisotopic (exact) mass is 138 g/mol.